The number of nitrogens with zero attached hydrogens (tertiary/aromatic N) is 1. The van der Waals surface area contributed by atoms with Gasteiger partial charge in [-0.1, -0.05) is 6.92 Å². The Hall–Kier alpha value is -0.120. The van der Waals surface area contributed by atoms with Crippen LogP contribution in [0, 0.1) is 0 Å². The van der Waals surface area contributed by atoms with Gasteiger partial charge >= 0.3 is 0 Å². The van der Waals surface area contributed by atoms with Gasteiger partial charge in [0.25, 0.3) is 0 Å². The van der Waals surface area contributed by atoms with Crippen molar-refractivity contribution in [1.82, 2.24) is 4.90 Å². The van der Waals surface area contributed by atoms with E-state index in [0.717, 1.165) is 32.7 Å². The summed E-state index contributed by atoms with van der Waals surface area (Å²) in [6.45, 7) is 12.3. The Morgan fingerprint density at radius 2 is 2.14 bits per heavy atom. The van der Waals surface area contributed by atoms with Crippen molar-refractivity contribution in [2.45, 2.75) is 45.3 Å². The fourth-order valence-corrected chi connectivity index (χ4v) is 1.97. The van der Waals surface area contributed by atoms with E-state index >= 15 is 0 Å². The Morgan fingerprint density at radius 1 is 1.50 bits per heavy atom. The van der Waals surface area contributed by atoms with Crippen LogP contribution in [0.2, 0.25) is 0 Å². The van der Waals surface area contributed by atoms with E-state index in [2.05, 4.69) is 32.6 Å². The average molecular weight is 200 g/mol. The number of hydrogen-bond acceptors (Lipinski definition) is 3. The van der Waals surface area contributed by atoms with Crippen molar-refractivity contribution < 1.29 is 4.74 Å². The number of ether oxygens (including phenoxy) is 1. The summed E-state index contributed by atoms with van der Waals surface area (Å²) in [6, 6.07) is 0. The maximum Gasteiger partial charge on any atom is 0.0753 e. The first-order valence-corrected chi connectivity index (χ1v) is 5.52. The summed E-state index contributed by atoms with van der Waals surface area (Å²) in [5, 5.41) is 0. The Balaban J connectivity index is 2.67. The van der Waals surface area contributed by atoms with Gasteiger partial charge in [-0.05, 0) is 27.2 Å². The van der Waals surface area contributed by atoms with E-state index in [-0.39, 0.29) is 11.1 Å². The second-order valence-electron chi connectivity index (χ2n) is 5.08. The lowest BCUT2D eigenvalue weighted by Gasteiger charge is -2.47. The van der Waals surface area contributed by atoms with Crippen LogP contribution in [0.3, 0.4) is 0 Å². The molecular weight excluding hydrogens is 176 g/mol. The van der Waals surface area contributed by atoms with Crippen LogP contribution in [0.25, 0.3) is 0 Å². The summed E-state index contributed by atoms with van der Waals surface area (Å²) in [6.07, 6.45) is 1.10. The van der Waals surface area contributed by atoms with E-state index in [1.165, 1.54) is 0 Å². The minimum Gasteiger partial charge on any atom is -0.373 e. The molecule has 1 heterocycles. The molecule has 1 atom stereocenters. The van der Waals surface area contributed by atoms with Crippen LogP contribution in [0.5, 0.6) is 0 Å². The molecule has 2 N–H and O–H groups in total. The standard InChI is InChI=1S/C11H24N2O/c1-5-11(4,8-12)13-6-7-14-10(2,3)9-13/h5-9,12H2,1-4H3. The van der Waals surface area contributed by atoms with Crippen LogP contribution in [-0.2, 0) is 4.74 Å². The van der Waals surface area contributed by atoms with Gasteiger partial charge in [-0.2, -0.15) is 0 Å². The number of nitrogens with two attached hydrogens (primary N) is 1. The van der Waals surface area contributed by atoms with Crippen LogP contribution < -0.4 is 5.73 Å². The summed E-state index contributed by atoms with van der Waals surface area (Å²) < 4.78 is 5.70. The highest BCUT2D eigenvalue weighted by atomic mass is 16.5. The summed E-state index contributed by atoms with van der Waals surface area (Å²) >= 11 is 0. The molecule has 14 heavy (non-hydrogen) atoms. The lowest BCUT2D eigenvalue weighted by atomic mass is 9.93. The molecule has 0 spiro atoms. The Morgan fingerprint density at radius 3 is 2.57 bits per heavy atom. The highest BCUT2D eigenvalue weighted by Crippen LogP contribution is 2.25. The van der Waals surface area contributed by atoms with Crippen molar-refractivity contribution in [3.63, 3.8) is 0 Å². The molecule has 1 aliphatic rings. The molecule has 1 rings (SSSR count). The van der Waals surface area contributed by atoms with Crippen LogP contribution in [0.4, 0.5) is 0 Å². The maximum atomic E-state index is 5.85. The SMILES string of the molecule is CCC(C)(CN)N1CCOC(C)(C)C1. The van der Waals surface area contributed by atoms with Gasteiger partial charge in [-0.25, -0.2) is 0 Å². The van der Waals surface area contributed by atoms with Gasteiger partial charge < -0.3 is 10.5 Å². The molecule has 1 fully saturated rings. The van der Waals surface area contributed by atoms with Gasteiger partial charge in [0.1, 0.15) is 0 Å². The summed E-state index contributed by atoms with van der Waals surface area (Å²) in [4.78, 5) is 2.47. The predicted molar refractivity (Wildman–Crippen MR) is 59.4 cm³/mol. The monoisotopic (exact) mass is 200 g/mol. The van der Waals surface area contributed by atoms with Crippen molar-refractivity contribution in [1.29, 1.82) is 0 Å². The molecule has 0 aromatic rings. The molecular formula is C11H24N2O. The highest BCUT2D eigenvalue weighted by molar-refractivity contribution is 4.91. The fourth-order valence-electron chi connectivity index (χ4n) is 1.97. The van der Waals surface area contributed by atoms with Crippen molar-refractivity contribution in [3.8, 4) is 0 Å². The first-order chi connectivity index (χ1) is 6.43. The number of rotatable bonds is 3. The molecule has 0 saturated carbocycles. The minimum absolute atomic E-state index is 0.0240. The Bertz CT molecular complexity index is 188. The minimum atomic E-state index is -0.0240. The third-order valence-corrected chi connectivity index (χ3v) is 3.39. The van der Waals surface area contributed by atoms with E-state index in [0.29, 0.717) is 0 Å². The third-order valence-electron chi connectivity index (χ3n) is 3.39. The maximum absolute atomic E-state index is 5.85. The zero-order chi connectivity index (χ0) is 10.8. The lowest BCUT2D eigenvalue weighted by Crippen LogP contribution is -2.59. The molecule has 0 aliphatic carbocycles. The molecule has 0 radical (unpaired) electrons. The fraction of sp³-hybridized carbons (Fsp3) is 1.00. The molecule has 84 valence electrons. The molecule has 0 bridgehead atoms. The van der Waals surface area contributed by atoms with Crippen LogP contribution in [-0.4, -0.2) is 42.3 Å². The van der Waals surface area contributed by atoms with Gasteiger partial charge in [0, 0.05) is 25.2 Å². The van der Waals surface area contributed by atoms with E-state index in [4.69, 9.17) is 10.5 Å². The summed E-state index contributed by atoms with van der Waals surface area (Å²) in [7, 11) is 0. The van der Waals surface area contributed by atoms with E-state index in [1.807, 2.05) is 0 Å². The Labute approximate surface area is 87.6 Å². The molecule has 3 heteroatoms. The quantitative estimate of drug-likeness (QED) is 0.744. The van der Waals surface area contributed by atoms with E-state index in [9.17, 15) is 0 Å². The van der Waals surface area contributed by atoms with Crippen molar-refractivity contribution >= 4 is 0 Å². The van der Waals surface area contributed by atoms with Crippen molar-refractivity contribution in [2.75, 3.05) is 26.2 Å². The highest BCUT2D eigenvalue weighted by Gasteiger charge is 2.36. The largest absolute Gasteiger partial charge is 0.373 e. The second-order valence-corrected chi connectivity index (χ2v) is 5.08. The molecule has 0 aromatic carbocycles. The molecule has 3 nitrogen and oxygen atoms in total. The number of morpholine rings is 1. The van der Waals surface area contributed by atoms with Gasteiger partial charge in [0.2, 0.25) is 0 Å². The first kappa shape index (κ1) is 12.0. The van der Waals surface area contributed by atoms with Crippen molar-refractivity contribution in [2.24, 2.45) is 5.73 Å². The molecule has 1 unspecified atom stereocenters. The van der Waals surface area contributed by atoms with Crippen LogP contribution in [0.15, 0.2) is 0 Å². The average Bonchev–Trinajstić information content (AvgIpc) is 2.15. The van der Waals surface area contributed by atoms with Crippen LogP contribution >= 0.6 is 0 Å². The van der Waals surface area contributed by atoms with Crippen LogP contribution in [0.1, 0.15) is 34.1 Å². The normalized spacial score (nSPS) is 27.2. The van der Waals surface area contributed by atoms with Gasteiger partial charge in [0.15, 0.2) is 0 Å². The van der Waals surface area contributed by atoms with Gasteiger partial charge in [0.05, 0.1) is 12.2 Å². The topological polar surface area (TPSA) is 38.5 Å². The van der Waals surface area contributed by atoms with E-state index in [1.54, 1.807) is 0 Å². The van der Waals surface area contributed by atoms with Gasteiger partial charge in [-0.3, -0.25) is 4.90 Å². The molecule has 1 saturated heterocycles. The smallest absolute Gasteiger partial charge is 0.0753 e. The number of hydrogen-bond donors (Lipinski definition) is 1. The molecule has 0 amide bonds. The van der Waals surface area contributed by atoms with E-state index < -0.39 is 0 Å². The first-order valence-electron chi connectivity index (χ1n) is 5.52. The molecule has 1 aliphatic heterocycles. The molecule has 0 aromatic heterocycles. The third kappa shape index (κ3) is 2.47. The second kappa shape index (κ2) is 4.17. The van der Waals surface area contributed by atoms with Gasteiger partial charge in [-0.15, -0.1) is 0 Å². The zero-order valence-corrected chi connectivity index (χ0v) is 9.97. The lowest BCUT2D eigenvalue weighted by molar-refractivity contribution is -0.113. The summed E-state index contributed by atoms with van der Waals surface area (Å²) in [5.74, 6) is 0. The van der Waals surface area contributed by atoms with Crippen molar-refractivity contribution in [3.05, 3.63) is 0 Å². The Kier molecular flexibility index (Phi) is 3.56. The summed E-state index contributed by atoms with van der Waals surface area (Å²) in [5.41, 5.74) is 5.97. The predicted octanol–water partition coefficient (Wildman–Crippen LogP) is 1.22. The zero-order valence-electron chi connectivity index (χ0n) is 9.97.